The predicted octanol–water partition coefficient (Wildman–Crippen LogP) is 7.16. The number of anilines is 1. The first-order valence-corrected chi connectivity index (χ1v) is 15.3. The highest BCUT2D eigenvalue weighted by Gasteiger charge is 2.36. The molecule has 0 unspecified atom stereocenters. The molecule has 0 radical (unpaired) electrons. The van der Waals surface area contributed by atoms with Crippen molar-refractivity contribution in [1.29, 1.82) is 0 Å². The van der Waals surface area contributed by atoms with Crippen molar-refractivity contribution in [3.05, 3.63) is 132 Å². The number of carbonyl (C=O) groups is 2. The molecule has 8 nitrogen and oxygen atoms in total. The molecule has 48 heavy (non-hydrogen) atoms. The number of rotatable bonds is 7. The Kier molecular flexibility index (Phi) is 7.88. The normalized spacial score (nSPS) is 13.6. The number of aromatic nitrogens is 4. The van der Waals surface area contributed by atoms with E-state index < -0.39 is 35.8 Å². The van der Waals surface area contributed by atoms with Crippen LogP contribution < -0.4 is 4.90 Å². The van der Waals surface area contributed by atoms with Gasteiger partial charge >= 0.3 is 0 Å². The van der Waals surface area contributed by atoms with Gasteiger partial charge < -0.3 is 9.88 Å². The van der Waals surface area contributed by atoms with Crippen LogP contribution in [0.3, 0.4) is 0 Å². The van der Waals surface area contributed by atoms with Crippen LogP contribution in [0.1, 0.15) is 30.8 Å². The minimum atomic E-state index is -1.19. The van der Waals surface area contributed by atoms with Crippen molar-refractivity contribution in [2.75, 3.05) is 11.4 Å². The van der Waals surface area contributed by atoms with Gasteiger partial charge in [-0.2, -0.15) is 0 Å². The molecule has 240 valence electrons. The first-order chi connectivity index (χ1) is 23.2. The molecule has 0 saturated heterocycles. The standard InChI is InChI=1S/C37H29F3N6O2/c1-22(2)44(20-23-9-5-3-6-10-23)34(47)21-45-32-17-29(39)30(40)18-33(32)46-35(24-11-7-4-8-12-24)42-43-36(46)28(37(45)48)15-25-19-41-31-14-13-26(38)16-27(25)31/h3-19,22,41H,20-21H2,1-2H3/b28-15+. The number of hydrogen-bond acceptors (Lipinski definition) is 4. The van der Waals surface area contributed by atoms with Gasteiger partial charge in [-0.05, 0) is 43.7 Å². The molecule has 6 aromatic rings. The highest BCUT2D eigenvalue weighted by atomic mass is 19.2. The van der Waals surface area contributed by atoms with E-state index >= 15 is 8.78 Å². The maximum atomic E-state index is 15.1. The monoisotopic (exact) mass is 646 g/mol. The van der Waals surface area contributed by atoms with Crippen molar-refractivity contribution in [3.8, 4) is 17.1 Å². The molecule has 0 saturated carbocycles. The summed E-state index contributed by atoms with van der Waals surface area (Å²) >= 11 is 0. The van der Waals surface area contributed by atoms with E-state index in [-0.39, 0.29) is 41.2 Å². The van der Waals surface area contributed by atoms with Crippen LogP contribution in [0.4, 0.5) is 18.9 Å². The van der Waals surface area contributed by atoms with Crippen molar-refractivity contribution < 1.29 is 22.8 Å². The number of aromatic amines is 1. The van der Waals surface area contributed by atoms with Gasteiger partial charge in [0.25, 0.3) is 5.91 Å². The molecule has 1 aliphatic heterocycles. The van der Waals surface area contributed by atoms with Crippen LogP contribution in [0, 0.1) is 17.5 Å². The number of hydrogen-bond donors (Lipinski definition) is 1. The Balaban J connectivity index is 1.43. The van der Waals surface area contributed by atoms with Crippen LogP contribution in [0.25, 0.3) is 39.6 Å². The van der Waals surface area contributed by atoms with Gasteiger partial charge in [0.1, 0.15) is 12.4 Å². The Hall–Kier alpha value is -5.97. The number of benzene rings is 4. The Bertz CT molecular complexity index is 2210. The molecule has 11 heteroatoms. The average Bonchev–Trinajstić information content (AvgIpc) is 3.68. The maximum absolute atomic E-state index is 15.1. The van der Waals surface area contributed by atoms with Crippen LogP contribution in [-0.2, 0) is 16.1 Å². The first-order valence-electron chi connectivity index (χ1n) is 15.3. The van der Waals surface area contributed by atoms with Gasteiger partial charge in [-0.3, -0.25) is 19.1 Å². The molecule has 3 heterocycles. The molecular formula is C37H29F3N6O2. The summed E-state index contributed by atoms with van der Waals surface area (Å²) in [5.41, 5.74) is 2.60. The molecular weight excluding hydrogens is 617 g/mol. The molecule has 0 fully saturated rings. The number of carbonyl (C=O) groups excluding carboxylic acids is 2. The molecule has 0 bridgehead atoms. The number of fused-ring (bicyclic) bond motifs is 4. The zero-order valence-corrected chi connectivity index (χ0v) is 26.0. The molecule has 0 spiro atoms. The van der Waals surface area contributed by atoms with Crippen molar-refractivity contribution in [2.45, 2.75) is 26.4 Å². The molecule has 0 aliphatic carbocycles. The van der Waals surface area contributed by atoms with Gasteiger partial charge in [-0.25, -0.2) is 13.2 Å². The van der Waals surface area contributed by atoms with E-state index in [1.807, 2.05) is 50.2 Å². The van der Waals surface area contributed by atoms with Crippen LogP contribution in [-0.4, -0.2) is 49.0 Å². The number of amides is 2. The van der Waals surface area contributed by atoms with Crippen molar-refractivity contribution >= 4 is 40.1 Å². The lowest BCUT2D eigenvalue weighted by molar-refractivity contribution is -0.133. The topological polar surface area (TPSA) is 87.1 Å². The Labute approximate surface area is 273 Å². The second kappa shape index (κ2) is 12.3. The van der Waals surface area contributed by atoms with Crippen LogP contribution in [0.5, 0.6) is 0 Å². The van der Waals surface area contributed by atoms with Gasteiger partial charge in [-0.15, -0.1) is 10.2 Å². The van der Waals surface area contributed by atoms with Crippen LogP contribution in [0.15, 0.2) is 97.2 Å². The number of halogens is 3. The van der Waals surface area contributed by atoms with E-state index in [4.69, 9.17) is 0 Å². The maximum Gasteiger partial charge on any atom is 0.262 e. The van der Waals surface area contributed by atoms with E-state index in [1.165, 1.54) is 22.8 Å². The Morgan fingerprint density at radius 3 is 2.25 bits per heavy atom. The Morgan fingerprint density at radius 2 is 1.54 bits per heavy atom. The summed E-state index contributed by atoms with van der Waals surface area (Å²) in [7, 11) is 0. The molecule has 4 aromatic carbocycles. The van der Waals surface area contributed by atoms with Gasteiger partial charge in [0.15, 0.2) is 23.3 Å². The van der Waals surface area contributed by atoms with Gasteiger partial charge in [0.05, 0.1) is 16.9 Å². The zero-order valence-electron chi connectivity index (χ0n) is 26.0. The minimum absolute atomic E-state index is 0.0150. The van der Waals surface area contributed by atoms with E-state index in [0.717, 1.165) is 22.6 Å². The fourth-order valence-electron chi connectivity index (χ4n) is 5.97. The van der Waals surface area contributed by atoms with Crippen molar-refractivity contribution in [1.82, 2.24) is 24.6 Å². The highest BCUT2D eigenvalue weighted by Crippen LogP contribution is 2.39. The summed E-state index contributed by atoms with van der Waals surface area (Å²) in [6.07, 6.45) is 3.15. The summed E-state index contributed by atoms with van der Waals surface area (Å²) in [5, 5.41) is 9.27. The van der Waals surface area contributed by atoms with Crippen molar-refractivity contribution in [3.63, 3.8) is 0 Å². The lowest BCUT2D eigenvalue weighted by Gasteiger charge is -2.30. The summed E-state index contributed by atoms with van der Waals surface area (Å²) in [6.45, 7) is 3.52. The second-order valence-electron chi connectivity index (χ2n) is 11.8. The number of nitrogens with zero attached hydrogens (tertiary/aromatic N) is 5. The molecule has 0 atom stereocenters. The SMILES string of the molecule is CC(C)N(Cc1ccccc1)C(=O)CN1C(=O)/C(=C/c2c[nH]c3ccc(F)cc23)c2nnc(-c3ccccc3)n2-c2cc(F)c(F)cc21. The fraction of sp³-hybridized carbons (Fsp3) is 0.135. The smallest absolute Gasteiger partial charge is 0.262 e. The van der Waals surface area contributed by atoms with E-state index in [0.29, 0.717) is 22.0 Å². The van der Waals surface area contributed by atoms with E-state index in [9.17, 15) is 14.0 Å². The first kappa shape index (κ1) is 30.7. The minimum Gasteiger partial charge on any atom is -0.361 e. The van der Waals surface area contributed by atoms with Gasteiger partial charge in [-0.1, -0.05) is 60.7 Å². The number of nitrogens with one attached hydrogen (secondary N) is 1. The van der Waals surface area contributed by atoms with Gasteiger partial charge in [0.2, 0.25) is 5.91 Å². The molecule has 2 amide bonds. The third kappa shape index (κ3) is 5.53. The highest BCUT2D eigenvalue weighted by molar-refractivity contribution is 6.31. The Morgan fingerprint density at radius 1 is 0.875 bits per heavy atom. The summed E-state index contributed by atoms with van der Waals surface area (Å²) < 4.78 is 46.0. The number of H-pyrrole nitrogens is 1. The van der Waals surface area contributed by atoms with Gasteiger partial charge in [0, 0.05) is 52.9 Å². The molecule has 2 aromatic heterocycles. The lowest BCUT2D eigenvalue weighted by Crippen LogP contribution is -2.45. The zero-order chi connectivity index (χ0) is 33.5. The average molecular weight is 647 g/mol. The van der Waals surface area contributed by atoms with Crippen LogP contribution in [0.2, 0.25) is 0 Å². The second-order valence-corrected chi connectivity index (χ2v) is 11.8. The molecule has 7 rings (SSSR count). The predicted molar refractivity (Wildman–Crippen MR) is 177 cm³/mol. The lowest BCUT2D eigenvalue weighted by atomic mass is 10.1. The molecule has 1 aliphatic rings. The summed E-state index contributed by atoms with van der Waals surface area (Å²) in [4.78, 5) is 34.7. The largest absolute Gasteiger partial charge is 0.361 e. The summed E-state index contributed by atoms with van der Waals surface area (Å²) in [5.74, 6) is -3.62. The third-order valence-corrected chi connectivity index (χ3v) is 8.37. The van der Waals surface area contributed by atoms with Crippen LogP contribution >= 0.6 is 0 Å². The summed E-state index contributed by atoms with van der Waals surface area (Å²) in [6, 6.07) is 24.3. The molecule has 1 N–H and O–H groups in total. The van der Waals surface area contributed by atoms with Crippen molar-refractivity contribution in [2.24, 2.45) is 0 Å². The van der Waals surface area contributed by atoms with E-state index in [1.54, 1.807) is 41.4 Å². The third-order valence-electron chi connectivity index (χ3n) is 8.37. The fourth-order valence-corrected chi connectivity index (χ4v) is 5.97. The quantitative estimate of drug-likeness (QED) is 0.187. The van der Waals surface area contributed by atoms with E-state index in [2.05, 4.69) is 15.2 Å².